The Morgan fingerprint density at radius 2 is 1.95 bits per heavy atom. The van der Waals surface area contributed by atoms with Crippen molar-refractivity contribution in [3.05, 3.63) is 70.3 Å². The van der Waals surface area contributed by atoms with Gasteiger partial charge in [0.15, 0.2) is 0 Å². The third-order valence-electron chi connectivity index (χ3n) is 3.77. The van der Waals surface area contributed by atoms with Gasteiger partial charge >= 0.3 is 0 Å². The summed E-state index contributed by atoms with van der Waals surface area (Å²) < 4.78 is 0. The number of carbonyl (C=O) groups is 1. The molecular formula is C18H22N2O. The lowest BCUT2D eigenvalue weighted by atomic mass is 10.0. The lowest BCUT2D eigenvalue weighted by Gasteiger charge is -2.16. The van der Waals surface area contributed by atoms with E-state index in [1.165, 1.54) is 16.7 Å². The van der Waals surface area contributed by atoms with E-state index in [0.29, 0.717) is 5.56 Å². The Hall–Kier alpha value is -2.13. The van der Waals surface area contributed by atoms with Gasteiger partial charge in [0.2, 0.25) is 5.91 Å². The molecule has 0 aliphatic rings. The number of benzene rings is 2. The Balaban J connectivity index is 2.04. The SMILES string of the molecule is Cc1cccc([C@H](C)NCc2ccc(C(N)=O)cc2C)c1. The van der Waals surface area contributed by atoms with E-state index in [4.69, 9.17) is 5.73 Å². The highest BCUT2D eigenvalue weighted by atomic mass is 16.1. The van der Waals surface area contributed by atoms with Crippen LogP contribution in [0, 0.1) is 13.8 Å². The predicted octanol–water partition coefficient (Wildman–Crippen LogP) is 3.25. The average molecular weight is 282 g/mol. The molecule has 3 N–H and O–H groups in total. The van der Waals surface area contributed by atoms with Crippen LogP contribution < -0.4 is 11.1 Å². The number of amides is 1. The molecule has 1 atom stereocenters. The van der Waals surface area contributed by atoms with Crippen molar-refractivity contribution in [3.63, 3.8) is 0 Å². The van der Waals surface area contributed by atoms with Crippen LogP contribution in [0.5, 0.6) is 0 Å². The van der Waals surface area contributed by atoms with Crippen LogP contribution in [0.25, 0.3) is 0 Å². The highest BCUT2D eigenvalue weighted by molar-refractivity contribution is 5.93. The summed E-state index contributed by atoms with van der Waals surface area (Å²) in [6.07, 6.45) is 0. The van der Waals surface area contributed by atoms with Gasteiger partial charge in [-0.3, -0.25) is 4.79 Å². The second kappa shape index (κ2) is 6.55. The largest absolute Gasteiger partial charge is 0.366 e. The van der Waals surface area contributed by atoms with Gasteiger partial charge in [0.1, 0.15) is 0 Å². The molecule has 0 fully saturated rings. The number of primary amides is 1. The molecule has 0 aliphatic heterocycles. The zero-order valence-electron chi connectivity index (χ0n) is 12.8. The first-order valence-electron chi connectivity index (χ1n) is 7.16. The van der Waals surface area contributed by atoms with Crippen molar-refractivity contribution in [1.29, 1.82) is 0 Å². The van der Waals surface area contributed by atoms with E-state index in [1.807, 2.05) is 19.1 Å². The Labute approximate surface area is 126 Å². The van der Waals surface area contributed by atoms with Crippen LogP contribution in [-0.4, -0.2) is 5.91 Å². The van der Waals surface area contributed by atoms with Crippen molar-refractivity contribution >= 4 is 5.91 Å². The van der Waals surface area contributed by atoms with Gasteiger partial charge in [-0.05, 0) is 49.6 Å². The van der Waals surface area contributed by atoms with E-state index in [-0.39, 0.29) is 11.9 Å². The van der Waals surface area contributed by atoms with Crippen molar-refractivity contribution in [3.8, 4) is 0 Å². The molecule has 110 valence electrons. The second-order valence-electron chi connectivity index (χ2n) is 5.52. The highest BCUT2D eigenvalue weighted by Crippen LogP contribution is 2.16. The Kier molecular flexibility index (Phi) is 4.76. The molecule has 0 heterocycles. The molecule has 1 amide bonds. The molecule has 0 saturated carbocycles. The first-order chi connectivity index (χ1) is 9.97. The smallest absolute Gasteiger partial charge is 0.248 e. The molecule has 2 aromatic carbocycles. The van der Waals surface area contributed by atoms with Crippen LogP contribution in [-0.2, 0) is 6.54 Å². The highest BCUT2D eigenvalue weighted by Gasteiger charge is 2.07. The number of nitrogens with two attached hydrogens (primary N) is 1. The van der Waals surface area contributed by atoms with Crippen LogP contribution in [0.1, 0.15) is 45.6 Å². The lowest BCUT2D eigenvalue weighted by molar-refractivity contribution is 0.1000. The zero-order chi connectivity index (χ0) is 15.4. The molecule has 0 aromatic heterocycles. The monoisotopic (exact) mass is 282 g/mol. The quantitative estimate of drug-likeness (QED) is 0.884. The molecule has 0 saturated heterocycles. The first-order valence-corrected chi connectivity index (χ1v) is 7.16. The Bertz CT molecular complexity index is 649. The molecule has 3 nitrogen and oxygen atoms in total. The zero-order valence-corrected chi connectivity index (χ0v) is 12.8. The Morgan fingerprint density at radius 1 is 1.19 bits per heavy atom. The maximum atomic E-state index is 11.2. The van der Waals surface area contributed by atoms with E-state index < -0.39 is 0 Å². The minimum absolute atomic E-state index is 0.278. The standard InChI is InChI=1S/C18H22N2O/c1-12-5-4-6-15(9-12)14(3)20-11-17-8-7-16(18(19)21)10-13(17)2/h4-10,14,20H,11H2,1-3H3,(H2,19,21)/t14-/m0/s1. The van der Waals surface area contributed by atoms with E-state index in [2.05, 4.69) is 43.4 Å². The third-order valence-corrected chi connectivity index (χ3v) is 3.77. The van der Waals surface area contributed by atoms with Gasteiger partial charge in [-0.15, -0.1) is 0 Å². The van der Waals surface area contributed by atoms with E-state index in [9.17, 15) is 4.79 Å². The van der Waals surface area contributed by atoms with E-state index in [1.54, 1.807) is 6.07 Å². The summed E-state index contributed by atoms with van der Waals surface area (Å²) in [5, 5.41) is 3.52. The average Bonchev–Trinajstić information content (AvgIpc) is 2.45. The minimum atomic E-state index is -0.384. The van der Waals surface area contributed by atoms with E-state index >= 15 is 0 Å². The predicted molar refractivity (Wildman–Crippen MR) is 86.1 cm³/mol. The summed E-state index contributed by atoms with van der Waals surface area (Å²) in [4.78, 5) is 11.2. The summed E-state index contributed by atoms with van der Waals surface area (Å²) in [5.74, 6) is -0.384. The van der Waals surface area contributed by atoms with Gasteiger partial charge in [-0.1, -0.05) is 35.9 Å². The summed E-state index contributed by atoms with van der Waals surface area (Å²) >= 11 is 0. The lowest BCUT2D eigenvalue weighted by Crippen LogP contribution is -2.19. The normalized spacial score (nSPS) is 12.1. The molecule has 0 bridgehead atoms. The van der Waals surface area contributed by atoms with Crippen molar-refractivity contribution in [2.24, 2.45) is 5.73 Å². The van der Waals surface area contributed by atoms with Crippen molar-refractivity contribution in [1.82, 2.24) is 5.32 Å². The van der Waals surface area contributed by atoms with Crippen molar-refractivity contribution in [2.75, 3.05) is 0 Å². The topological polar surface area (TPSA) is 55.1 Å². The number of hydrogen-bond donors (Lipinski definition) is 2. The van der Waals surface area contributed by atoms with Gasteiger partial charge < -0.3 is 11.1 Å². The summed E-state index contributed by atoms with van der Waals surface area (Å²) in [6, 6.07) is 14.4. The number of aryl methyl sites for hydroxylation is 2. The van der Waals surface area contributed by atoms with Gasteiger partial charge in [0.05, 0.1) is 0 Å². The molecule has 0 aliphatic carbocycles. The third kappa shape index (κ3) is 3.92. The fourth-order valence-electron chi connectivity index (χ4n) is 2.37. The molecular weight excluding hydrogens is 260 g/mol. The van der Waals surface area contributed by atoms with Crippen LogP contribution in [0.4, 0.5) is 0 Å². The summed E-state index contributed by atoms with van der Waals surface area (Å²) in [5.41, 5.74) is 10.7. The van der Waals surface area contributed by atoms with Crippen LogP contribution >= 0.6 is 0 Å². The number of nitrogens with one attached hydrogen (secondary N) is 1. The summed E-state index contributed by atoms with van der Waals surface area (Å²) in [6.45, 7) is 7.02. The fourth-order valence-corrected chi connectivity index (χ4v) is 2.37. The van der Waals surface area contributed by atoms with Crippen LogP contribution in [0.3, 0.4) is 0 Å². The van der Waals surface area contributed by atoms with Gasteiger partial charge in [0.25, 0.3) is 0 Å². The van der Waals surface area contributed by atoms with E-state index in [0.717, 1.165) is 12.1 Å². The maximum Gasteiger partial charge on any atom is 0.248 e. The number of hydrogen-bond acceptors (Lipinski definition) is 2. The van der Waals surface area contributed by atoms with Crippen LogP contribution in [0.15, 0.2) is 42.5 Å². The molecule has 0 spiro atoms. The number of carbonyl (C=O) groups excluding carboxylic acids is 1. The van der Waals surface area contributed by atoms with Gasteiger partial charge in [-0.2, -0.15) is 0 Å². The molecule has 2 aromatic rings. The van der Waals surface area contributed by atoms with Crippen molar-refractivity contribution < 1.29 is 4.79 Å². The maximum absolute atomic E-state index is 11.2. The molecule has 0 unspecified atom stereocenters. The van der Waals surface area contributed by atoms with Crippen molar-refractivity contribution in [2.45, 2.75) is 33.4 Å². The molecule has 2 rings (SSSR count). The number of rotatable bonds is 5. The van der Waals surface area contributed by atoms with Crippen LogP contribution in [0.2, 0.25) is 0 Å². The molecule has 21 heavy (non-hydrogen) atoms. The molecule has 0 radical (unpaired) electrons. The molecule has 3 heteroatoms. The fraction of sp³-hybridized carbons (Fsp3) is 0.278. The first kappa shape index (κ1) is 15.3. The van der Waals surface area contributed by atoms with Gasteiger partial charge in [0, 0.05) is 18.2 Å². The second-order valence-corrected chi connectivity index (χ2v) is 5.52. The minimum Gasteiger partial charge on any atom is -0.366 e. The Morgan fingerprint density at radius 3 is 2.57 bits per heavy atom. The van der Waals surface area contributed by atoms with Gasteiger partial charge in [-0.25, -0.2) is 0 Å². The summed E-state index contributed by atoms with van der Waals surface area (Å²) in [7, 11) is 0.